The van der Waals surface area contributed by atoms with E-state index >= 15 is 0 Å². The number of amides is 1. The summed E-state index contributed by atoms with van der Waals surface area (Å²) in [7, 11) is 1.30. The largest absolute Gasteiger partial charge is 0.481 e. The first-order valence-corrected chi connectivity index (χ1v) is 7.41. The van der Waals surface area contributed by atoms with Crippen molar-refractivity contribution in [2.75, 3.05) is 12.4 Å². The summed E-state index contributed by atoms with van der Waals surface area (Å²) >= 11 is 0. The van der Waals surface area contributed by atoms with Crippen molar-refractivity contribution >= 4 is 23.5 Å². The molecule has 2 aliphatic carbocycles. The van der Waals surface area contributed by atoms with Crippen molar-refractivity contribution in [1.29, 1.82) is 0 Å². The van der Waals surface area contributed by atoms with E-state index in [1.165, 1.54) is 7.11 Å². The maximum atomic E-state index is 12.5. The maximum Gasteiger partial charge on any atom is 0.337 e. The molecule has 120 valence electrons. The summed E-state index contributed by atoms with van der Waals surface area (Å²) in [6.45, 7) is 0. The fourth-order valence-electron chi connectivity index (χ4n) is 3.55. The maximum absolute atomic E-state index is 12.5. The highest BCUT2D eigenvalue weighted by molar-refractivity contribution is 5.97. The molecule has 6 nitrogen and oxygen atoms in total. The molecule has 0 aliphatic heterocycles. The first kappa shape index (κ1) is 15.3. The number of fused-ring (bicyclic) bond motifs is 2. The number of carboxylic acid groups (broad SMARTS) is 1. The number of hydrogen-bond acceptors (Lipinski definition) is 4. The van der Waals surface area contributed by atoms with E-state index in [2.05, 4.69) is 10.1 Å². The zero-order chi connectivity index (χ0) is 16.6. The van der Waals surface area contributed by atoms with Crippen LogP contribution in [0.1, 0.15) is 16.8 Å². The van der Waals surface area contributed by atoms with E-state index in [4.69, 9.17) is 0 Å². The van der Waals surface area contributed by atoms with E-state index < -0.39 is 23.8 Å². The molecule has 1 fully saturated rings. The normalized spacial score (nSPS) is 27.7. The Morgan fingerprint density at radius 2 is 1.70 bits per heavy atom. The Kier molecular flexibility index (Phi) is 3.90. The third-order valence-corrected chi connectivity index (χ3v) is 4.62. The molecule has 0 unspecified atom stereocenters. The summed E-state index contributed by atoms with van der Waals surface area (Å²) in [5.41, 5.74) is 0.912. The Morgan fingerprint density at radius 1 is 1.09 bits per heavy atom. The fourth-order valence-corrected chi connectivity index (χ4v) is 3.55. The van der Waals surface area contributed by atoms with Gasteiger partial charge in [-0.3, -0.25) is 9.59 Å². The molecule has 1 aromatic carbocycles. The van der Waals surface area contributed by atoms with Crippen LogP contribution in [0.15, 0.2) is 36.4 Å². The minimum Gasteiger partial charge on any atom is -0.481 e. The van der Waals surface area contributed by atoms with Gasteiger partial charge in [0.25, 0.3) is 0 Å². The number of carbonyl (C=O) groups is 3. The molecule has 0 aromatic heterocycles. The summed E-state index contributed by atoms with van der Waals surface area (Å²) in [4.78, 5) is 35.3. The molecular formula is C17H17NO5. The highest BCUT2D eigenvalue weighted by Crippen LogP contribution is 2.48. The molecule has 4 atom stereocenters. The molecule has 2 N–H and O–H groups in total. The van der Waals surface area contributed by atoms with Crippen LogP contribution in [0.3, 0.4) is 0 Å². The van der Waals surface area contributed by atoms with Gasteiger partial charge in [0.1, 0.15) is 0 Å². The molecule has 0 radical (unpaired) electrons. The smallest absolute Gasteiger partial charge is 0.337 e. The average molecular weight is 315 g/mol. The molecular weight excluding hydrogens is 298 g/mol. The van der Waals surface area contributed by atoms with E-state index in [1.54, 1.807) is 24.3 Å². The first-order valence-electron chi connectivity index (χ1n) is 7.41. The Morgan fingerprint density at radius 3 is 2.26 bits per heavy atom. The molecule has 0 saturated heterocycles. The lowest BCUT2D eigenvalue weighted by Crippen LogP contribution is -2.36. The van der Waals surface area contributed by atoms with Crippen molar-refractivity contribution in [2.24, 2.45) is 23.7 Å². The Labute approximate surface area is 133 Å². The van der Waals surface area contributed by atoms with Crippen LogP contribution >= 0.6 is 0 Å². The quantitative estimate of drug-likeness (QED) is 0.654. The van der Waals surface area contributed by atoms with Crippen LogP contribution < -0.4 is 5.32 Å². The van der Waals surface area contributed by atoms with Gasteiger partial charge >= 0.3 is 11.9 Å². The van der Waals surface area contributed by atoms with Gasteiger partial charge in [0.2, 0.25) is 5.91 Å². The molecule has 2 aliphatic rings. The van der Waals surface area contributed by atoms with Crippen molar-refractivity contribution in [3.8, 4) is 0 Å². The number of hydrogen-bond donors (Lipinski definition) is 2. The van der Waals surface area contributed by atoms with Gasteiger partial charge in [-0.1, -0.05) is 12.2 Å². The summed E-state index contributed by atoms with van der Waals surface area (Å²) < 4.78 is 4.61. The van der Waals surface area contributed by atoms with Gasteiger partial charge in [-0.25, -0.2) is 4.79 Å². The Hall–Kier alpha value is -2.63. The molecule has 2 bridgehead atoms. The molecule has 1 aromatic rings. The minimum absolute atomic E-state index is 0.0181. The molecule has 0 spiro atoms. The van der Waals surface area contributed by atoms with Gasteiger partial charge in [0, 0.05) is 5.69 Å². The van der Waals surface area contributed by atoms with E-state index in [1.807, 2.05) is 12.2 Å². The number of carboxylic acids is 1. The number of allylic oxidation sites excluding steroid dienone is 2. The number of ether oxygens (including phenoxy) is 1. The highest BCUT2D eigenvalue weighted by Gasteiger charge is 2.51. The van der Waals surface area contributed by atoms with Crippen LogP contribution in [0.5, 0.6) is 0 Å². The molecule has 3 rings (SSSR count). The molecule has 0 heterocycles. The molecule has 6 heteroatoms. The van der Waals surface area contributed by atoms with Gasteiger partial charge < -0.3 is 15.2 Å². The SMILES string of the molecule is COC(=O)c1ccc(NC(=O)[C@H]2[C@@H](C(=O)O)[C@H]3C=C[C@H]2C3)cc1. The summed E-state index contributed by atoms with van der Waals surface area (Å²) in [6, 6.07) is 6.31. The standard InChI is InChI=1S/C17H17NO5/c1-23-17(22)9-4-6-12(7-5-9)18-15(19)13-10-2-3-11(8-10)14(13)16(20)21/h2-7,10-11,13-14H,8H2,1H3,(H,18,19)(H,20,21)/t10-,11-,13+,14-/m0/s1. The lowest BCUT2D eigenvalue weighted by molar-refractivity contribution is -0.146. The third-order valence-electron chi connectivity index (χ3n) is 4.62. The number of esters is 1. The zero-order valence-corrected chi connectivity index (χ0v) is 12.6. The van der Waals surface area contributed by atoms with E-state index in [9.17, 15) is 19.5 Å². The lowest BCUT2D eigenvalue weighted by Gasteiger charge is -2.23. The van der Waals surface area contributed by atoms with Crippen LogP contribution in [0, 0.1) is 23.7 Å². The summed E-state index contributed by atoms with van der Waals surface area (Å²) in [6.07, 6.45) is 4.56. The number of aliphatic carboxylic acids is 1. The molecule has 23 heavy (non-hydrogen) atoms. The van der Waals surface area contributed by atoms with Crippen molar-refractivity contribution in [2.45, 2.75) is 6.42 Å². The predicted molar refractivity (Wildman–Crippen MR) is 81.8 cm³/mol. The number of nitrogens with one attached hydrogen (secondary N) is 1. The van der Waals surface area contributed by atoms with E-state index in [0.29, 0.717) is 11.3 Å². The zero-order valence-electron chi connectivity index (χ0n) is 12.6. The van der Waals surface area contributed by atoms with Crippen molar-refractivity contribution in [3.05, 3.63) is 42.0 Å². The molecule has 1 amide bonds. The van der Waals surface area contributed by atoms with Gasteiger partial charge in [0.05, 0.1) is 24.5 Å². The number of carbonyl (C=O) groups excluding carboxylic acids is 2. The second kappa shape index (κ2) is 5.87. The van der Waals surface area contributed by atoms with Gasteiger partial charge in [-0.15, -0.1) is 0 Å². The second-order valence-corrected chi connectivity index (χ2v) is 5.90. The van der Waals surface area contributed by atoms with Crippen LogP contribution in [0.4, 0.5) is 5.69 Å². The second-order valence-electron chi connectivity index (χ2n) is 5.90. The van der Waals surface area contributed by atoms with Gasteiger partial charge in [-0.2, -0.15) is 0 Å². The Bertz CT molecular complexity index is 679. The third kappa shape index (κ3) is 2.72. The van der Waals surface area contributed by atoms with Gasteiger partial charge in [-0.05, 0) is 42.5 Å². The van der Waals surface area contributed by atoms with Crippen molar-refractivity contribution in [3.63, 3.8) is 0 Å². The number of methoxy groups -OCH3 is 1. The minimum atomic E-state index is -0.928. The van der Waals surface area contributed by atoms with Crippen molar-refractivity contribution in [1.82, 2.24) is 0 Å². The lowest BCUT2D eigenvalue weighted by atomic mass is 9.82. The summed E-state index contributed by atoms with van der Waals surface area (Å²) in [5, 5.41) is 12.1. The Balaban J connectivity index is 1.73. The number of benzene rings is 1. The van der Waals surface area contributed by atoms with E-state index in [0.717, 1.165) is 6.42 Å². The molecule has 1 saturated carbocycles. The van der Waals surface area contributed by atoms with Crippen LogP contribution in [0.25, 0.3) is 0 Å². The number of anilines is 1. The number of rotatable bonds is 4. The fraction of sp³-hybridized carbons (Fsp3) is 0.353. The van der Waals surface area contributed by atoms with Crippen molar-refractivity contribution < 1.29 is 24.2 Å². The topological polar surface area (TPSA) is 92.7 Å². The van der Waals surface area contributed by atoms with Crippen LogP contribution in [-0.2, 0) is 14.3 Å². The average Bonchev–Trinajstić information content (AvgIpc) is 3.15. The van der Waals surface area contributed by atoms with Gasteiger partial charge in [0.15, 0.2) is 0 Å². The monoisotopic (exact) mass is 315 g/mol. The first-order chi connectivity index (χ1) is 11.0. The van der Waals surface area contributed by atoms with E-state index in [-0.39, 0.29) is 17.7 Å². The van der Waals surface area contributed by atoms with Crippen LogP contribution in [0.2, 0.25) is 0 Å². The summed E-state index contributed by atoms with van der Waals surface area (Å²) in [5.74, 6) is -2.97. The van der Waals surface area contributed by atoms with Crippen LogP contribution in [-0.4, -0.2) is 30.1 Å². The highest BCUT2D eigenvalue weighted by atomic mass is 16.5. The predicted octanol–water partition coefficient (Wildman–Crippen LogP) is 1.93.